The predicted molar refractivity (Wildman–Crippen MR) is 75.2 cm³/mol. The van der Waals surface area contributed by atoms with E-state index in [1.165, 1.54) is 12.1 Å². The van der Waals surface area contributed by atoms with E-state index in [9.17, 15) is 18.4 Å². The predicted octanol–water partition coefficient (Wildman–Crippen LogP) is 1.53. The van der Waals surface area contributed by atoms with Gasteiger partial charge < -0.3 is 14.9 Å². The zero-order valence-electron chi connectivity index (χ0n) is 12.1. The van der Waals surface area contributed by atoms with Crippen molar-refractivity contribution in [2.45, 2.75) is 12.1 Å². The number of amides is 1. The molecule has 1 amide bonds. The van der Waals surface area contributed by atoms with Gasteiger partial charge in [0, 0.05) is 32.0 Å². The van der Waals surface area contributed by atoms with Crippen LogP contribution in [0.1, 0.15) is 16.8 Å². The molecule has 0 radical (unpaired) electrons. The summed E-state index contributed by atoms with van der Waals surface area (Å²) in [6.07, 6.45) is 0.0956. The van der Waals surface area contributed by atoms with Gasteiger partial charge in [0.2, 0.25) is 0 Å². The Morgan fingerprint density at radius 3 is 2.77 bits per heavy atom. The van der Waals surface area contributed by atoms with Gasteiger partial charge in [-0.25, -0.2) is 13.6 Å². The molecule has 5 nitrogen and oxygen atoms in total. The Kier molecular flexibility index (Phi) is 3.40. The second kappa shape index (κ2) is 5.01. The average molecular weight is 310 g/mol. The molecule has 1 aromatic rings. The molecule has 1 N–H and O–H groups in total. The fourth-order valence-electron chi connectivity index (χ4n) is 3.25. The minimum atomic E-state index is -1.95. The molecule has 0 unspecified atom stereocenters. The number of piperidine rings is 1. The van der Waals surface area contributed by atoms with Crippen molar-refractivity contribution in [1.82, 2.24) is 4.90 Å². The number of nitrogens with zero attached hydrogens (tertiary/aromatic N) is 2. The van der Waals surface area contributed by atoms with Crippen molar-refractivity contribution in [3.05, 3.63) is 29.6 Å². The Morgan fingerprint density at radius 1 is 1.41 bits per heavy atom. The molecule has 2 atom stereocenters. The van der Waals surface area contributed by atoms with E-state index >= 15 is 0 Å². The van der Waals surface area contributed by atoms with Crippen molar-refractivity contribution in [2.75, 3.05) is 31.6 Å². The van der Waals surface area contributed by atoms with Crippen LogP contribution in [0.3, 0.4) is 0 Å². The third kappa shape index (κ3) is 2.16. The van der Waals surface area contributed by atoms with Crippen LogP contribution in [0, 0.1) is 11.7 Å². The number of fused-ring (bicyclic) bond motifs is 1. The van der Waals surface area contributed by atoms with Crippen molar-refractivity contribution in [1.29, 1.82) is 0 Å². The molecule has 3 rings (SSSR count). The van der Waals surface area contributed by atoms with Gasteiger partial charge >= 0.3 is 5.97 Å². The molecule has 2 aliphatic heterocycles. The normalized spacial score (nSPS) is 28.8. The van der Waals surface area contributed by atoms with Gasteiger partial charge in [-0.3, -0.25) is 4.79 Å². The van der Waals surface area contributed by atoms with Gasteiger partial charge in [0.1, 0.15) is 5.82 Å². The van der Waals surface area contributed by atoms with Gasteiger partial charge in [-0.05, 0) is 25.2 Å². The van der Waals surface area contributed by atoms with Gasteiger partial charge in [0.05, 0.1) is 11.3 Å². The van der Waals surface area contributed by atoms with E-state index in [0.29, 0.717) is 13.1 Å². The number of alkyl halides is 1. The number of carbonyl (C=O) groups is 2. The quantitative estimate of drug-likeness (QED) is 0.900. The minimum Gasteiger partial charge on any atom is -0.478 e. The number of aromatic carboxylic acids is 1. The lowest BCUT2D eigenvalue weighted by Gasteiger charge is -2.34. The van der Waals surface area contributed by atoms with Crippen LogP contribution in [0.15, 0.2) is 18.2 Å². The molecule has 2 fully saturated rings. The maximum Gasteiger partial charge on any atom is 0.335 e. The smallest absolute Gasteiger partial charge is 0.335 e. The molecule has 0 aromatic heterocycles. The topological polar surface area (TPSA) is 60.9 Å². The van der Waals surface area contributed by atoms with E-state index in [4.69, 9.17) is 5.11 Å². The molecule has 1 aromatic carbocycles. The molecule has 0 spiro atoms. The lowest BCUT2D eigenvalue weighted by Crippen LogP contribution is -2.49. The summed E-state index contributed by atoms with van der Waals surface area (Å²) in [6.45, 7) is 1.02. The highest BCUT2D eigenvalue weighted by atomic mass is 19.1. The Hall–Kier alpha value is -2.02. The van der Waals surface area contributed by atoms with E-state index in [0.717, 1.165) is 11.0 Å². The molecule has 7 heteroatoms. The molecule has 0 aliphatic carbocycles. The van der Waals surface area contributed by atoms with Crippen molar-refractivity contribution in [2.24, 2.45) is 5.92 Å². The molecule has 2 heterocycles. The van der Waals surface area contributed by atoms with Crippen molar-refractivity contribution in [3.8, 4) is 0 Å². The van der Waals surface area contributed by atoms with Crippen LogP contribution < -0.4 is 4.90 Å². The fraction of sp³-hybridized carbons (Fsp3) is 0.467. The van der Waals surface area contributed by atoms with Gasteiger partial charge in [0.15, 0.2) is 5.67 Å². The second-order valence-corrected chi connectivity index (χ2v) is 5.96. The number of carbonyl (C=O) groups excluding carboxylic acids is 1. The fourth-order valence-corrected chi connectivity index (χ4v) is 3.25. The van der Waals surface area contributed by atoms with Crippen LogP contribution in [0.5, 0.6) is 0 Å². The van der Waals surface area contributed by atoms with Crippen LogP contribution in [0.25, 0.3) is 0 Å². The molecule has 22 heavy (non-hydrogen) atoms. The van der Waals surface area contributed by atoms with E-state index in [-0.39, 0.29) is 24.2 Å². The van der Waals surface area contributed by atoms with Crippen LogP contribution >= 0.6 is 0 Å². The monoisotopic (exact) mass is 310 g/mol. The van der Waals surface area contributed by atoms with Crippen molar-refractivity contribution < 1.29 is 23.5 Å². The molecule has 2 saturated heterocycles. The minimum absolute atomic E-state index is 0.0657. The van der Waals surface area contributed by atoms with Crippen molar-refractivity contribution in [3.63, 3.8) is 0 Å². The number of anilines is 1. The molecule has 0 bridgehead atoms. The van der Waals surface area contributed by atoms with Gasteiger partial charge in [-0.1, -0.05) is 0 Å². The number of hydrogen-bond acceptors (Lipinski definition) is 3. The number of rotatable bonds is 2. The Labute approximate surface area is 126 Å². The summed E-state index contributed by atoms with van der Waals surface area (Å²) in [7, 11) is 1.86. The Morgan fingerprint density at radius 2 is 2.14 bits per heavy atom. The third-order valence-electron chi connectivity index (χ3n) is 4.53. The van der Waals surface area contributed by atoms with E-state index in [1.54, 1.807) is 0 Å². The van der Waals surface area contributed by atoms with E-state index < -0.39 is 29.3 Å². The summed E-state index contributed by atoms with van der Waals surface area (Å²) in [6, 6.07) is 3.29. The first-order valence-electron chi connectivity index (χ1n) is 7.05. The first-order valence-corrected chi connectivity index (χ1v) is 7.05. The molecule has 118 valence electrons. The maximum absolute atomic E-state index is 15.0. The number of benzene rings is 1. The Bertz CT molecular complexity index is 652. The second-order valence-electron chi connectivity index (χ2n) is 5.96. The van der Waals surface area contributed by atoms with Gasteiger partial charge in [-0.2, -0.15) is 0 Å². The van der Waals surface area contributed by atoms with Crippen LogP contribution in [0.4, 0.5) is 14.5 Å². The molecular weight excluding hydrogens is 294 g/mol. The number of carboxylic acids is 1. The molecular formula is C15H16F2N2O3. The van der Waals surface area contributed by atoms with E-state index in [1.807, 2.05) is 11.9 Å². The van der Waals surface area contributed by atoms with E-state index in [2.05, 4.69) is 0 Å². The standard InChI is InChI=1S/C15H16F2N2O3/c1-18-5-4-15(17)10(7-18)8-19(14(15)22)12-3-2-9(13(20)21)6-11(12)16/h2-3,6,10H,4-5,7-8H2,1H3,(H,20,21)/t10-,15+/m0/s1. The summed E-state index contributed by atoms with van der Waals surface area (Å²) in [4.78, 5) is 26.3. The number of hydrogen-bond donors (Lipinski definition) is 1. The number of halogens is 2. The lowest BCUT2D eigenvalue weighted by atomic mass is 9.85. The van der Waals surface area contributed by atoms with Crippen LogP contribution in [-0.2, 0) is 4.79 Å². The zero-order valence-corrected chi connectivity index (χ0v) is 12.1. The highest BCUT2D eigenvalue weighted by Crippen LogP contribution is 2.41. The van der Waals surface area contributed by atoms with Gasteiger partial charge in [-0.15, -0.1) is 0 Å². The summed E-state index contributed by atoms with van der Waals surface area (Å²) in [5.41, 5.74) is -2.23. The largest absolute Gasteiger partial charge is 0.478 e. The average Bonchev–Trinajstić information content (AvgIpc) is 2.71. The first-order chi connectivity index (χ1) is 10.3. The van der Waals surface area contributed by atoms with Crippen LogP contribution in [-0.4, -0.2) is 54.2 Å². The molecule has 2 aliphatic rings. The van der Waals surface area contributed by atoms with Crippen molar-refractivity contribution >= 4 is 17.6 Å². The first kappa shape index (κ1) is 14.9. The summed E-state index contributed by atoms with van der Waals surface area (Å²) in [5, 5.41) is 8.84. The third-order valence-corrected chi connectivity index (χ3v) is 4.53. The highest BCUT2D eigenvalue weighted by Gasteiger charge is 2.57. The number of likely N-dealkylation sites (tertiary alicyclic amines) is 1. The summed E-state index contributed by atoms with van der Waals surface area (Å²) >= 11 is 0. The van der Waals surface area contributed by atoms with Crippen LogP contribution in [0.2, 0.25) is 0 Å². The number of carboxylic acid groups (broad SMARTS) is 1. The lowest BCUT2D eigenvalue weighted by molar-refractivity contribution is -0.131. The summed E-state index contributed by atoms with van der Waals surface area (Å²) < 4.78 is 29.1. The summed E-state index contributed by atoms with van der Waals surface area (Å²) in [5.74, 6) is -3.32. The zero-order chi connectivity index (χ0) is 16.1. The SMILES string of the molecule is CN1CC[C@]2(F)C(=O)N(c3ccc(C(=O)O)cc3F)C[C@@H]2C1. The molecule has 0 saturated carbocycles. The maximum atomic E-state index is 15.0. The van der Waals surface area contributed by atoms with Gasteiger partial charge in [0.25, 0.3) is 5.91 Å². The highest BCUT2D eigenvalue weighted by molar-refractivity contribution is 6.02. The Balaban J connectivity index is 1.93.